The fourth-order valence-electron chi connectivity index (χ4n) is 5.33. The third-order valence-corrected chi connectivity index (χ3v) is 6.25. The normalized spacial score (nSPS) is 49.9. The van der Waals surface area contributed by atoms with Crippen LogP contribution in [0, 0.1) is 22.7 Å². The minimum absolute atomic E-state index is 0.0577. The summed E-state index contributed by atoms with van der Waals surface area (Å²) in [5.41, 5.74) is -0.672. The lowest BCUT2D eigenvalue weighted by molar-refractivity contribution is -0.134. The van der Waals surface area contributed by atoms with Gasteiger partial charge >= 0.3 is 5.97 Å². The minimum Gasteiger partial charge on any atom is -0.478 e. The zero-order valence-corrected chi connectivity index (χ0v) is 11.9. The molecule has 0 heterocycles. The van der Waals surface area contributed by atoms with E-state index >= 15 is 0 Å². The maximum Gasteiger partial charge on any atom is 0.331 e. The Bertz CT molecular complexity index is 473. The molecule has 20 heavy (non-hydrogen) atoms. The quantitative estimate of drug-likeness (QED) is 0.713. The number of carboxylic acid groups (broad SMARTS) is 1. The molecule has 2 bridgehead atoms. The molecular weight excluding hydrogens is 260 g/mol. The fourth-order valence-corrected chi connectivity index (χ4v) is 5.33. The Labute approximate surface area is 118 Å². The number of aliphatic hydroxyl groups is 2. The molecule has 3 rings (SSSR count). The number of carboxylic acids is 1. The van der Waals surface area contributed by atoms with Gasteiger partial charge in [-0.1, -0.05) is 6.92 Å². The van der Waals surface area contributed by atoms with Crippen LogP contribution in [0.4, 0.5) is 0 Å². The van der Waals surface area contributed by atoms with Crippen LogP contribution in [-0.4, -0.2) is 47.2 Å². The summed E-state index contributed by atoms with van der Waals surface area (Å²) in [4.78, 5) is 11.5. The molecule has 0 aromatic carbocycles. The topological polar surface area (TPSA) is 87.0 Å². The molecule has 0 radical (unpaired) electrons. The first-order chi connectivity index (χ1) is 9.41. The lowest BCUT2D eigenvalue weighted by atomic mass is 9.68. The molecule has 3 aliphatic carbocycles. The van der Waals surface area contributed by atoms with E-state index in [-0.39, 0.29) is 30.1 Å². The van der Waals surface area contributed by atoms with E-state index in [0.29, 0.717) is 6.42 Å². The van der Waals surface area contributed by atoms with Crippen LogP contribution in [0.15, 0.2) is 11.6 Å². The van der Waals surface area contributed by atoms with E-state index in [9.17, 15) is 20.1 Å². The molecule has 0 unspecified atom stereocenters. The monoisotopic (exact) mass is 282 g/mol. The Kier molecular flexibility index (Phi) is 3.01. The predicted molar refractivity (Wildman–Crippen MR) is 71.0 cm³/mol. The highest BCUT2D eigenvalue weighted by atomic mass is 16.5. The Morgan fingerprint density at radius 3 is 2.75 bits per heavy atom. The zero-order chi connectivity index (χ0) is 14.7. The first-order valence-corrected chi connectivity index (χ1v) is 7.18. The molecule has 3 aliphatic rings. The summed E-state index contributed by atoms with van der Waals surface area (Å²) in [6, 6.07) is 0. The second kappa shape index (κ2) is 4.29. The van der Waals surface area contributed by atoms with Crippen molar-refractivity contribution in [2.24, 2.45) is 22.7 Å². The average molecular weight is 282 g/mol. The van der Waals surface area contributed by atoms with Gasteiger partial charge < -0.3 is 20.1 Å². The van der Waals surface area contributed by atoms with Gasteiger partial charge in [0.1, 0.15) is 0 Å². The van der Waals surface area contributed by atoms with Crippen LogP contribution in [0.1, 0.15) is 26.2 Å². The number of carbonyl (C=O) groups is 1. The van der Waals surface area contributed by atoms with Gasteiger partial charge in [-0.15, -0.1) is 0 Å². The van der Waals surface area contributed by atoms with Crippen LogP contribution in [0.3, 0.4) is 0 Å². The van der Waals surface area contributed by atoms with Crippen molar-refractivity contribution in [2.45, 2.75) is 38.4 Å². The standard InChI is InChI=1S/C15H22O5/c1-14(7-16)9-6-15(10(14)3-4-12(15)20-2)11(17)5-8(9)13(18)19/h5,9-12,16-17H,3-4,6-7H2,1-2H3,(H,18,19)/t9-,10-,11-,12+,14+,15+/m0/s1. The highest BCUT2D eigenvalue weighted by Crippen LogP contribution is 2.69. The van der Waals surface area contributed by atoms with E-state index in [4.69, 9.17) is 4.74 Å². The molecule has 2 saturated carbocycles. The number of hydrogen-bond donors (Lipinski definition) is 3. The van der Waals surface area contributed by atoms with Crippen molar-refractivity contribution in [3.8, 4) is 0 Å². The molecule has 6 atom stereocenters. The molecule has 1 spiro atoms. The summed E-state index contributed by atoms with van der Waals surface area (Å²) in [5.74, 6) is -1.10. The van der Waals surface area contributed by atoms with E-state index < -0.39 is 22.9 Å². The van der Waals surface area contributed by atoms with Crippen molar-refractivity contribution in [3.63, 3.8) is 0 Å². The number of methoxy groups -OCH3 is 1. The molecule has 2 fully saturated rings. The van der Waals surface area contributed by atoms with Crippen molar-refractivity contribution >= 4 is 5.97 Å². The Balaban J connectivity index is 2.15. The SMILES string of the molecule is CO[C@@H]1CC[C@H]2[C@](C)(CO)[C@H]3C[C@@]12[C@@H](O)C=C3C(=O)O. The largest absolute Gasteiger partial charge is 0.478 e. The molecule has 3 N–H and O–H groups in total. The lowest BCUT2D eigenvalue weighted by Gasteiger charge is -2.41. The van der Waals surface area contributed by atoms with Gasteiger partial charge in [-0.05, 0) is 37.2 Å². The molecule has 0 aromatic rings. The number of hydrogen-bond acceptors (Lipinski definition) is 4. The highest BCUT2D eigenvalue weighted by molar-refractivity contribution is 5.88. The van der Waals surface area contributed by atoms with Crippen molar-refractivity contribution in [3.05, 3.63) is 11.6 Å². The van der Waals surface area contributed by atoms with E-state index in [1.807, 2.05) is 6.92 Å². The Morgan fingerprint density at radius 1 is 1.50 bits per heavy atom. The van der Waals surface area contributed by atoms with E-state index in [0.717, 1.165) is 12.8 Å². The van der Waals surface area contributed by atoms with Gasteiger partial charge in [0.05, 0.1) is 12.2 Å². The molecule has 0 amide bonds. The molecule has 112 valence electrons. The summed E-state index contributed by atoms with van der Waals surface area (Å²) < 4.78 is 5.59. The Morgan fingerprint density at radius 2 is 2.20 bits per heavy atom. The summed E-state index contributed by atoms with van der Waals surface area (Å²) in [7, 11) is 1.65. The van der Waals surface area contributed by atoms with E-state index in [2.05, 4.69) is 0 Å². The highest BCUT2D eigenvalue weighted by Gasteiger charge is 2.70. The number of aliphatic carboxylic acids is 1. The van der Waals surface area contributed by atoms with Gasteiger partial charge in [0, 0.05) is 30.1 Å². The number of fused-ring (bicyclic) bond motifs is 1. The van der Waals surface area contributed by atoms with E-state index in [1.54, 1.807) is 7.11 Å². The van der Waals surface area contributed by atoms with Gasteiger partial charge in [0.25, 0.3) is 0 Å². The van der Waals surface area contributed by atoms with Crippen molar-refractivity contribution in [2.75, 3.05) is 13.7 Å². The maximum absolute atomic E-state index is 11.5. The van der Waals surface area contributed by atoms with Crippen LogP contribution < -0.4 is 0 Å². The van der Waals surface area contributed by atoms with Crippen LogP contribution in [0.5, 0.6) is 0 Å². The minimum atomic E-state index is -0.988. The van der Waals surface area contributed by atoms with Gasteiger partial charge in [-0.2, -0.15) is 0 Å². The summed E-state index contributed by atoms with van der Waals surface area (Å²) in [5, 5.41) is 29.9. The van der Waals surface area contributed by atoms with Crippen molar-refractivity contribution in [1.82, 2.24) is 0 Å². The molecule has 5 nitrogen and oxygen atoms in total. The van der Waals surface area contributed by atoms with Gasteiger partial charge in [0.2, 0.25) is 0 Å². The lowest BCUT2D eigenvalue weighted by Crippen LogP contribution is -2.46. The van der Waals surface area contributed by atoms with Crippen LogP contribution in [0.25, 0.3) is 0 Å². The van der Waals surface area contributed by atoms with Gasteiger partial charge in [-0.25, -0.2) is 4.79 Å². The third kappa shape index (κ3) is 1.41. The van der Waals surface area contributed by atoms with Crippen molar-refractivity contribution in [1.29, 1.82) is 0 Å². The van der Waals surface area contributed by atoms with Gasteiger partial charge in [0.15, 0.2) is 0 Å². The first kappa shape index (κ1) is 14.0. The van der Waals surface area contributed by atoms with Crippen LogP contribution >= 0.6 is 0 Å². The van der Waals surface area contributed by atoms with E-state index in [1.165, 1.54) is 6.08 Å². The molecule has 0 saturated heterocycles. The molecule has 0 aromatic heterocycles. The van der Waals surface area contributed by atoms with Crippen molar-refractivity contribution < 1.29 is 24.9 Å². The average Bonchev–Trinajstić information content (AvgIpc) is 2.88. The van der Waals surface area contributed by atoms with Crippen LogP contribution in [-0.2, 0) is 9.53 Å². The fraction of sp³-hybridized carbons (Fsp3) is 0.800. The Hall–Kier alpha value is -0.910. The van der Waals surface area contributed by atoms with Crippen LogP contribution in [0.2, 0.25) is 0 Å². The molecular formula is C15H22O5. The number of ether oxygens (including phenoxy) is 1. The van der Waals surface area contributed by atoms with Gasteiger partial charge in [-0.3, -0.25) is 0 Å². The zero-order valence-electron chi connectivity index (χ0n) is 11.9. The maximum atomic E-state index is 11.5. The molecule has 0 aliphatic heterocycles. The summed E-state index contributed by atoms with van der Waals surface area (Å²) in [6.45, 7) is 1.90. The summed E-state index contributed by atoms with van der Waals surface area (Å²) in [6.07, 6.45) is 2.93. The third-order valence-electron chi connectivity index (χ3n) is 6.25. The smallest absolute Gasteiger partial charge is 0.331 e. The predicted octanol–water partition coefficient (Wildman–Crippen LogP) is 0.802. The number of rotatable bonds is 3. The second-order valence-electron chi connectivity index (χ2n) is 6.76. The first-order valence-electron chi connectivity index (χ1n) is 7.18. The second-order valence-corrected chi connectivity index (χ2v) is 6.76. The number of aliphatic hydroxyl groups excluding tert-OH is 2. The molecule has 5 heteroatoms. The summed E-state index contributed by atoms with van der Waals surface area (Å²) >= 11 is 0.